The Bertz CT molecular complexity index is 1170. The summed E-state index contributed by atoms with van der Waals surface area (Å²) >= 11 is 15.8. The van der Waals surface area contributed by atoms with Crippen molar-refractivity contribution in [3.8, 4) is 0 Å². The first-order valence-corrected chi connectivity index (χ1v) is 11.7. The number of hydrogen-bond donors (Lipinski definition) is 2. The topological polar surface area (TPSA) is 62.7 Å². The number of thiazole rings is 1. The molecule has 2 aromatic heterocycles. The van der Waals surface area contributed by atoms with E-state index in [0.717, 1.165) is 10.5 Å². The maximum absolute atomic E-state index is 6.27. The fourth-order valence-electron chi connectivity index (χ4n) is 2.82. The van der Waals surface area contributed by atoms with Crippen molar-refractivity contribution in [3.63, 3.8) is 0 Å². The van der Waals surface area contributed by atoms with Gasteiger partial charge in [-0.05, 0) is 43.3 Å². The fraction of sp³-hybridized carbons (Fsp3) is 0.190. The molecule has 2 N–H and O–H groups in total. The third-order valence-corrected chi connectivity index (χ3v) is 6.56. The second kappa shape index (κ2) is 8.98. The minimum atomic E-state index is 0.529. The number of para-hydroxylation sites is 1. The van der Waals surface area contributed by atoms with Crippen molar-refractivity contribution >= 4 is 79.0 Å². The molecule has 0 aliphatic rings. The molecule has 0 fully saturated rings. The Labute approximate surface area is 193 Å². The van der Waals surface area contributed by atoms with E-state index in [9.17, 15) is 0 Å². The van der Waals surface area contributed by atoms with Gasteiger partial charge in [0, 0.05) is 15.8 Å². The van der Waals surface area contributed by atoms with Crippen LogP contribution in [0.4, 0.5) is 22.3 Å². The van der Waals surface area contributed by atoms with Crippen molar-refractivity contribution in [2.45, 2.75) is 30.9 Å². The van der Waals surface area contributed by atoms with Crippen LogP contribution in [0, 0.1) is 6.92 Å². The van der Waals surface area contributed by atoms with Crippen molar-refractivity contribution in [2.75, 3.05) is 10.6 Å². The third-order valence-electron chi connectivity index (χ3n) is 4.05. The number of halogens is 2. The molecule has 5 nitrogen and oxygen atoms in total. The predicted molar refractivity (Wildman–Crippen MR) is 130 cm³/mol. The first kappa shape index (κ1) is 21.2. The molecule has 30 heavy (non-hydrogen) atoms. The molecule has 9 heteroatoms. The van der Waals surface area contributed by atoms with Gasteiger partial charge in [-0.25, -0.2) is 15.0 Å². The lowest BCUT2D eigenvalue weighted by molar-refractivity contribution is 1.09. The number of hydrogen-bond acceptors (Lipinski definition) is 7. The van der Waals surface area contributed by atoms with Crippen LogP contribution in [0.2, 0.25) is 10.0 Å². The zero-order chi connectivity index (χ0) is 21.3. The Morgan fingerprint density at radius 3 is 2.30 bits per heavy atom. The number of fused-ring (bicyclic) bond motifs is 1. The molecule has 4 aromatic rings. The van der Waals surface area contributed by atoms with Crippen molar-refractivity contribution in [1.82, 2.24) is 15.0 Å². The van der Waals surface area contributed by atoms with Gasteiger partial charge >= 0.3 is 0 Å². The molecule has 0 amide bonds. The Morgan fingerprint density at radius 1 is 0.933 bits per heavy atom. The number of nitrogens with zero attached hydrogens (tertiary/aromatic N) is 3. The molecule has 0 radical (unpaired) electrons. The quantitative estimate of drug-likeness (QED) is 0.278. The molecular weight excluding hydrogens is 457 g/mol. The van der Waals surface area contributed by atoms with Crippen molar-refractivity contribution in [1.29, 1.82) is 0 Å². The minimum Gasteiger partial charge on any atom is -0.338 e. The standard InChI is InChI=1S/C21H19Cl2N5S2/c1-11(2)29-14-9-7-13(8-10-14)26-19-18-20(25-12(3)24-19)30-21(28-18)27-17-15(22)5-4-6-16(17)23/h4-11H,1-3H3,(H,27,28)(H,24,25,26). The monoisotopic (exact) mass is 475 g/mol. The van der Waals surface area contributed by atoms with Crippen LogP contribution >= 0.6 is 46.3 Å². The van der Waals surface area contributed by atoms with Crippen LogP contribution in [0.1, 0.15) is 19.7 Å². The summed E-state index contributed by atoms with van der Waals surface area (Å²) in [5, 5.41) is 8.83. The highest BCUT2D eigenvalue weighted by atomic mass is 35.5. The Kier molecular flexibility index (Phi) is 6.34. The van der Waals surface area contributed by atoms with E-state index in [4.69, 9.17) is 23.2 Å². The Morgan fingerprint density at radius 2 is 1.63 bits per heavy atom. The van der Waals surface area contributed by atoms with Crippen molar-refractivity contribution < 1.29 is 0 Å². The van der Waals surface area contributed by atoms with Gasteiger partial charge in [0.25, 0.3) is 0 Å². The number of rotatable bonds is 6. The zero-order valence-corrected chi connectivity index (χ0v) is 19.7. The number of nitrogens with one attached hydrogen (secondary N) is 2. The number of aryl methyl sites for hydroxylation is 1. The summed E-state index contributed by atoms with van der Waals surface area (Å²) in [5.41, 5.74) is 2.26. The van der Waals surface area contributed by atoms with Crippen LogP contribution in [-0.4, -0.2) is 20.2 Å². The molecule has 2 aromatic carbocycles. The average Bonchev–Trinajstić information content (AvgIpc) is 3.08. The molecular formula is C21H19Cl2N5S2. The average molecular weight is 476 g/mol. The van der Waals surface area contributed by atoms with Crippen LogP contribution in [-0.2, 0) is 0 Å². The number of benzene rings is 2. The fourth-order valence-corrected chi connectivity index (χ4v) is 5.04. The summed E-state index contributed by atoms with van der Waals surface area (Å²) in [6.45, 7) is 6.23. The van der Waals surface area contributed by atoms with E-state index in [-0.39, 0.29) is 0 Å². The van der Waals surface area contributed by atoms with E-state index in [1.165, 1.54) is 16.2 Å². The first-order chi connectivity index (χ1) is 14.4. The van der Waals surface area contributed by atoms with E-state index in [2.05, 4.69) is 51.6 Å². The second-order valence-corrected chi connectivity index (χ2v) is 10.3. The molecule has 2 heterocycles. The molecule has 0 saturated carbocycles. The summed E-state index contributed by atoms with van der Waals surface area (Å²) < 4.78 is 0. The smallest absolute Gasteiger partial charge is 0.190 e. The van der Waals surface area contributed by atoms with E-state index >= 15 is 0 Å². The first-order valence-electron chi connectivity index (χ1n) is 9.29. The SMILES string of the molecule is Cc1nc(Nc2ccc(SC(C)C)cc2)c2nc(Nc3c(Cl)cccc3Cl)sc2n1. The van der Waals surface area contributed by atoms with Crippen LogP contribution in [0.15, 0.2) is 47.4 Å². The van der Waals surface area contributed by atoms with Gasteiger partial charge in [-0.1, -0.05) is 54.5 Å². The normalized spacial score (nSPS) is 11.3. The number of aromatic nitrogens is 3. The van der Waals surface area contributed by atoms with E-state index in [1.807, 2.05) is 30.8 Å². The largest absolute Gasteiger partial charge is 0.338 e. The maximum atomic E-state index is 6.27. The molecule has 0 bridgehead atoms. The molecule has 0 atom stereocenters. The molecule has 154 valence electrons. The van der Waals surface area contributed by atoms with Gasteiger partial charge in [0.15, 0.2) is 15.8 Å². The van der Waals surface area contributed by atoms with Crippen LogP contribution < -0.4 is 10.6 Å². The molecule has 0 aliphatic heterocycles. The van der Waals surface area contributed by atoms with Gasteiger partial charge in [-0.2, -0.15) is 0 Å². The van der Waals surface area contributed by atoms with Gasteiger partial charge in [-0.3, -0.25) is 0 Å². The van der Waals surface area contributed by atoms with Crippen LogP contribution in [0.25, 0.3) is 10.3 Å². The maximum Gasteiger partial charge on any atom is 0.190 e. The predicted octanol–water partition coefficient (Wildman–Crippen LogP) is 7.69. The van der Waals surface area contributed by atoms with E-state index in [1.54, 1.807) is 18.2 Å². The van der Waals surface area contributed by atoms with Gasteiger partial charge in [0.1, 0.15) is 11.3 Å². The van der Waals surface area contributed by atoms with Crippen LogP contribution in [0.3, 0.4) is 0 Å². The second-order valence-electron chi connectivity index (χ2n) is 6.83. The van der Waals surface area contributed by atoms with Gasteiger partial charge in [0.05, 0.1) is 15.7 Å². The highest BCUT2D eigenvalue weighted by Crippen LogP contribution is 2.36. The Balaban J connectivity index is 1.64. The van der Waals surface area contributed by atoms with Gasteiger partial charge in [0.2, 0.25) is 0 Å². The van der Waals surface area contributed by atoms with Crippen molar-refractivity contribution in [3.05, 3.63) is 58.3 Å². The lowest BCUT2D eigenvalue weighted by Crippen LogP contribution is -1.98. The number of thioether (sulfide) groups is 1. The summed E-state index contributed by atoms with van der Waals surface area (Å²) in [4.78, 5) is 15.8. The molecule has 0 spiro atoms. The summed E-state index contributed by atoms with van der Waals surface area (Å²) in [7, 11) is 0. The van der Waals surface area contributed by atoms with Crippen molar-refractivity contribution in [2.24, 2.45) is 0 Å². The molecule has 0 saturated heterocycles. The lowest BCUT2D eigenvalue weighted by atomic mass is 10.3. The molecule has 0 unspecified atom stereocenters. The highest BCUT2D eigenvalue weighted by molar-refractivity contribution is 7.99. The zero-order valence-electron chi connectivity index (χ0n) is 16.5. The van der Waals surface area contributed by atoms with E-state index < -0.39 is 0 Å². The van der Waals surface area contributed by atoms with E-state index in [0.29, 0.717) is 43.3 Å². The summed E-state index contributed by atoms with van der Waals surface area (Å²) in [5.74, 6) is 1.33. The minimum absolute atomic E-state index is 0.529. The summed E-state index contributed by atoms with van der Waals surface area (Å²) in [6, 6.07) is 13.7. The van der Waals surface area contributed by atoms with Crippen LogP contribution in [0.5, 0.6) is 0 Å². The molecule has 0 aliphatic carbocycles. The number of anilines is 4. The third kappa shape index (κ3) is 4.81. The highest BCUT2D eigenvalue weighted by Gasteiger charge is 2.15. The lowest BCUT2D eigenvalue weighted by Gasteiger charge is -2.09. The molecule has 4 rings (SSSR count). The van der Waals surface area contributed by atoms with Gasteiger partial charge < -0.3 is 10.6 Å². The Hall–Kier alpha value is -2.06. The van der Waals surface area contributed by atoms with Gasteiger partial charge in [-0.15, -0.1) is 11.8 Å². The summed E-state index contributed by atoms with van der Waals surface area (Å²) in [6.07, 6.45) is 0.